The van der Waals surface area contributed by atoms with Crippen molar-refractivity contribution < 1.29 is 14.3 Å². The van der Waals surface area contributed by atoms with Crippen molar-refractivity contribution in [2.45, 2.75) is 38.1 Å². The van der Waals surface area contributed by atoms with E-state index in [1.54, 1.807) is 30.1 Å². The summed E-state index contributed by atoms with van der Waals surface area (Å²) in [6, 6.07) is 12.5. The summed E-state index contributed by atoms with van der Waals surface area (Å²) in [7, 11) is 1.72. The highest BCUT2D eigenvalue weighted by Gasteiger charge is 2.26. The number of benzene rings is 2. The Morgan fingerprint density at radius 3 is 2.67 bits per heavy atom. The standard InChI is InChI=1S/C21H23N3O3/c1-24-17-9-5-6-10-19(17)27-18-12-11-15(13-16(18)20(24)25)23-21(26)22-14-7-3-2-4-8-14/h5-6,9-14H,2-4,7-8H2,1H3,(H2,22,23,26). The van der Waals surface area contributed by atoms with Crippen LogP contribution in [0.5, 0.6) is 11.5 Å². The van der Waals surface area contributed by atoms with Crippen LogP contribution in [0.4, 0.5) is 16.2 Å². The molecule has 3 amide bonds. The minimum atomic E-state index is -0.236. The van der Waals surface area contributed by atoms with Crippen LogP contribution in [0.1, 0.15) is 42.5 Å². The number of carbonyl (C=O) groups is 2. The number of anilines is 2. The molecule has 2 aromatic carbocycles. The van der Waals surface area contributed by atoms with E-state index in [1.807, 2.05) is 24.3 Å². The number of fused-ring (bicyclic) bond motifs is 2. The number of hydrogen-bond donors (Lipinski definition) is 2. The number of urea groups is 1. The van der Waals surface area contributed by atoms with Crippen LogP contribution in [0, 0.1) is 0 Å². The second-order valence-corrected chi connectivity index (χ2v) is 7.08. The molecule has 1 aliphatic carbocycles. The van der Waals surface area contributed by atoms with E-state index in [9.17, 15) is 9.59 Å². The Bertz CT molecular complexity index is 875. The van der Waals surface area contributed by atoms with Gasteiger partial charge in [0, 0.05) is 18.8 Å². The predicted molar refractivity (Wildman–Crippen MR) is 105 cm³/mol. The van der Waals surface area contributed by atoms with Gasteiger partial charge in [0.15, 0.2) is 5.75 Å². The lowest BCUT2D eigenvalue weighted by atomic mass is 9.96. The van der Waals surface area contributed by atoms with Gasteiger partial charge in [-0.1, -0.05) is 31.4 Å². The number of carbonyl (C=O) groups excluding carboxylic acids is 2. The van der Waals surface area contributed by atoms with Gasteiger partial charge < -0.3 is 20.3 Å². The van der Waals surface area contributed by atoms with E-state index < -0.39 is 0 Å². The molecular weight excluding hydrogens is 342 g/mol. The van der Waals surface area contributed by atoms with Crippen LogP contribution in [0.25, 0.3) is 0 Å². The SMILES string of the molecule is CN1C(=O)c2cc(NC(=O)NC3CCCCC3)ccc2Oc2ccccc21. The fourth-order valence-corrected chi connectivity index (χ4v) is 3.69. The van der Waals surface area contributed by atoms with Crippen molar-refractivity contribution in [2.75, 3.05) is 17.3 Å². The van der Waals surface area contributed by atoms with Crippen molar-refractivity contribution >= 4 is 23.3 Å². The Labute approximate surface area is 158 Å². The number of nitrogens with one attached hydrogen (secondary N) is 2. The molecule has 27 heavy (non-hydrogen) atoms. The first kappa shape index (κ1) is 17.4. The molecule has 0 bridgehead atoms. The maximum absolute atomic E-state index is 12.9. The highest BCUT2D eigenvalue weighted by molar-refractivity contribution is 6.10. The quantitative estimate of drug-likeness (QED) is 0.822. The monoisotopic (exact) mass is 365 g/mol. The van der Waals surface area contributed by atoms with Gasteiger partial charge in [-0.25, -0.2) is 4.79 Å². The van der Waals surface area contributed by atoms with Crippen LogP contribution in [0.2, 0.25) is 0 Å². The minimum absolute atomic E-state index is 0.175. The van der Waals surface area contributed by atoms with Gasteiger partial charge in [-0.2, -0.15) is 0 Å². The zero-order valence-corrected chi connectivity index (χ0v) is 15.3. The molecule has 0 radical (unpaired) electrons. The molecule has 2 N–H and O–H groups in total. The number of ether oxygens (including phenoxy) is 1. The molecule has 6 heteroatoms. The average molecular weight is 365 g/mol. The molecule has 0 atom stereocenters. The smallest absolute Gasteiger partial charge is 0.319 e. The van der Waals surface area contributed by atoms with Crippen molar-refractivity contribution in [3.05, 3.63) is 48.0 Å². The van der Waals surface area contributed by atoms with E-state index in [0.29, 0.717) is 28.4 Å². The summed E-state index contributed by atoms with van der Waals surface area (Å²) < 4.78 is 5.93. The van der Waals surface area contributed by atoms with Crippen LogP contribution in [0.15, 0.2) is 42.5 Å². The topological polar surface area (TPSA) is 70.7 Å². The van der Waals surface area contributed by atoms with Crippen molar-refractivity contribution in [3.63, 3.8) is 0 Å². The second kappa shape index (κ2) is 7.31. The van der Waals surface area contributed by atoms with Crippen molar-refractivity contribution in [1.82, 2.24) is 5.32 Å². The summed E-state index contributed by atoms with van der Waals surface area (Å²) >= 11 is 0. The molecule has 0 saturated heterocycles. The third kappa shape index (κ3) is 3.60. The van der Waals surface area contributed by atoms with Gasteiger partial charge in [-0.15, -0.1) is 0 Å². The summed E-state index contributed by atoms with van der Waals surface area (Å²) in [5.74, 6) is 0.934. The fraction of sp³-hybridized carbons (Fsp3) is 0.333. The number of rotatable bonds is 2. The molecule has 6 nitrogen and oxygen atoms in total. The van der Waals surface area contributed by atoms with Gasteiger partial charge in [0.1, 0.15) is 5.75 Å². The summed E-state index contributed by atoms with van der Waals surface area (Å²) in [6.07, 6.45) is 5.59. The Morgan fingerprint density at radius 2 is 1.85 bits per heavy atom. The zero-order chi connectivity index (χ0) is 18.8. The van der Waals surface area contributed by atoms with E-state index in [0.717, 1.165) is 25.7 Å². The third-order valence-electron chi connectivity index (χ3n) is 5.16. The lowest BCUT2D eigenvalue weighted by Crippen LogP contribution is -2.39. The molecule has 2 aromatic rings. The second-order valence-electron chi connectivity index (χ2n) is 7.08. The Balaban J connectivity index is 1.53. The Hall–Kier alpha value is -3.02. The Kier molecular flexibility index (Phi) is 4.71. The molecule has 1 aliphatic heterocycles. The van der Waals surface area contributed by atoms with Gasteiger partial charge in [0.2, 0.25) is 0 Å². The lowest BCUT2D eigenvalue weighted by molar-refractivity contribution is 0.0993. The summed E-state index contributed by atoms with van der Waals surface area (Å²) in [4.78, 5) is 26.7. The Morgan fingerprint density at radius 1 is 1.07 bits per heavy atom. The van der Waals surface area contributed by atoms with Crippen molar-refractivity contribution in [3.8, 4) is 11.5 Å². The number of amides is 3. The molecule has 1 saturated carbocycles. The van der Waals surface area contributed by atoms with Crippen molar-refractivity contribution in [1.29, 1.82) is 0 Å². The molecule has 0 spiro atoms. The molecule has 1 heterocycles. The number of para-hydroxylation sites is 2. The van der Waals surface area contributed by atoms with Gasteiger partial charge in [-0.3, -0.25) is 4.79 Å². The van der Waals surface area contributed by atoms with E-state index in [1.165, 1.54) is 6.42 Å². The van der Waals surface area contributed by atoms with E-state index in [-0.39, 0.29) is 18.0 Å². The van der Waals surface area contributed by atoms with Gasteiger partial charge >= 0.3 is 6.03 Å². The maximum Gasteiger partial charge on any atom is 0.319 e. The fourth-order valence-electron chi connectivity index (χ4n) is 3.69. The molecule has 4 rings (SSSR count). The first-order valence-electron chi connectivity index (χ1n) is 9.38. The molecule has 0 unspecified atom stereocenters. The van der Waals surface area contributed by atoms with E-state index in [2.05, 4.69) is 10.6 Å². The largest absolute Gasteiger partial charge is 0.454 e. The molecule has 0 aromatic heterocycles. The maximum atomic E-state index is 12.9. The zero-order valence-electron chi connectivity index (χ0n) is 15.3. The van der Waals surface area contributed by atoms with Crippen LogP contribution in [0.3, 0.4) is 0 Å². The summed E-state index contributed by atoms with van der Waals surface area (Å²) in [5.41, 5.74) is 1.70. The summed E-state index contributed by atoms with van der Waals surface area (Å²) in [6.45, 7) is 0. The normalized spacial score (nSPS) is 16.6. The summed E-state index contributed by atoms with van der Waals surface area (Å²) in [5, 5.41) is 5.86. The van der Waals surface area contributed by atoms with Crippen LogP contribution >= 0.6 is 0 Å². The number of hydrogen-bond acceptors (Lipinski definition) is 3. The first-order chi connectivity index (χ1) is 13.1. The molecule has 1 fully saturated rings. The molecule has 140 valence electrons. The number of nitrogens with zero attached hydrogens (tertiary/aromatic N) is 1. The minimum Gasteiger partial charge on any atom is -0.454 e. The average Bonchev–Trinajstić information content (AvgIpc) is 2.78. The van der Waals surface area contributed by atoms with Crippen LogP contribution < -0.4 is 20.3 Å². The third-order valence-corrected chi connectivity index (χ3v) is 5.16. The van der Waals surface area contributed by atoms with Gasteiger partial charge in [-0.05, 0) is 43.2 Å². The molecular formula is C21H23N3O3. The molecule has 2 aliphatic rings. The van der Waals surface area contributed by atoms with E-state index >= 15 is 0 Å². The van der Waals surface area contributed by atoms with Gasteiger partial charge in [0.25, 0.3) is 5.91 Å². The predicted octanol–water partition coefficient (Wildman–Crippen LogP) is 4.52. The highest BCUT2D eigenvalue weighted by Crippen LogP contribution is 2.38. The lowest BCUT2D eigenvalue weighted by Gasteiger charge is -2.23. The van der Waals surface area contributed by atoms with Crippen LogP contribution in [-0.4, -0.2) is 25.0 Å². The van der Waals surface area contributed by atoms with E-state index in [4.69, 9.17) is 4.74 Å². The van der Waals surface area contributed by atoms with Gasteiger partial charge in [0.05, 0.1) is 11.3 Å². The highest BCUT2D eigenvalue weighted by atomic mass is 16.5. The van der Waals surface area contributed by atoms with Crippen LogP contribution in [-0.2, 0) is 0 Å². The first-order valence-corrected chi connectivity index (χ1v) is 9.38. The van der Waals surface area contributed by atoms with Crippen molar-refractivity contribution in [2.24, 2.45) is 0 Å².